The maximum atomic E-state index is 14.3. The number of para-hydroxylation sites is 1. The fraction of sp³-hybridized carbons (Fsp3) is 0.324. The van der Waals surface area contributed by atoms with Crippen LogP contribution in [-0.2, 0) is 26.5 Å². The SMILES string of the molecule is COc1ccc(CN2C(=O)C3(CCC3)c3cc(/C(=C/C=N)Nc4ccccc4)cc(OC4CCS(=O)(=NC#N)CC4)c32)cc1. The zero-order chi connectivity index (χ0) is 30.7. The van der Waals surface area contributed by atoms with Crippen LogP contribution in [0.3, 0.4) is 0 Å². The topological polar surface area (TPSA) is 128 Å². The second-order valence-electron chi connectivity index (χ2n) is 11.5. The predicted octanol–water partition coefficient (Wildman–Crippen LogP) is 6.26. The van der Waals surface area contributed by atoms with Gasteiger partial charge in [-0.25, -0.2) is 4.21 Å². The number of ether oxygens (including phenoxy) is 2. The van der Waals surface area contributed by atoms with Crippen LogP contribution >= 0.6 is 0 Å². The number of allylic oxidation sites excluding steroid dienone is 1. The van der Waals surface area contributed by atoms with Crippen molar-refractivity contribution in [1.82, 2.24) is 0 Å². The van der Waals surface area contributed by atoms with E-state index < -0.39 is 15.1 Å². The molecule has 1 saturated heterocycles. The number of nitriles is 1. The Morgan fingerprint density at radius 3 is 2.50 bits per heavy atom. The van der Waals surface area contributed by atoms with Gasteiger partial charge in [-0.3, -0.25) is 4.79 Å². The van der Waals surface area contributed by atoms with Crippen LogP contribution in [0.25, 0.3) is 5.70 Å². The maximum absolute atomic E-state index is 14.3. The van der Waals surface area contributed by atoms with E-state index in [2.05, 4.69) is 15.7 Å². The van der Waals surface area contributed by atoms with Gasteiger partial charge in [-0.2, -0.15) is 5.26 Å². The van der Waals surface area contributed by atoms with Crippen LogP contribution in [0.2, 0.25) is 0 Å². The van der Waals surface area contributed by atoms with Crippen LogP contribution in [-0.4, -0.2) is 41.1 Å². The van der Waals surface area contributed by atoms with Crippen LogP contribution in [0.15, 0.2) is 77.2 Å². The Morgan fingerprint density at radius 1 is 1.16 bits per heavy atom. The molecule has 2 N–H and O–H groups in total. The molecule has 2 heterocycles. The number of benzene rings is 3. The average molecular weight is 610 g/mol. The number of amides is 1. The molecule has 6 rings (SSSR count). The largest absolute Gasteiger partial charge is 0.497 e. The van der Waals surface area contributed by atoms with Gasteiger partial charge in [0.2, 0.25) is 12.1 Å². The highest BCUT2D eigenvalue weighted by Crippen LogP contribution is 2.57. The van der Waals surface area contributed by atoms with Gasteiger partial charge in [0.25, 0.3) is 0 Å². The summed E-state index contributed by atoms with van der Waals surface area (Å²) in [6.07, 6.45) is 7.90. The summed E-state index contributed by atoms with van der Waals surface area (Å²) in [6, 6.07) is 21.5. The number of carbonyl (C=O) groups is 1. The van der Waals surface area contributed by atoms with E-state index in [1.54, 1.807) is 19.4 Å². The van der Waals surface area contributed by atoms with Gasteiger partial charge in [-0.05, 0) is 79.3 Å². The van der Waals surface area contributed by atoms with E-state index in [0.29, 0.717) is 42.3 Å². The van der Waals surface area contributed by atoms with Crippen LogP contribution in [0.4, 0.5) is 11.4 Å². The number of methoxy groups -OCH3 is 1. The standard InChI is InChI=1S/C34H35N5O4S/c1-42-27-10-8-24(9-11-27)22-39-32-29(34(33(39)40)15-5-16-34)20-25(30(12-17-35)38-26-6-3-2-4-7-26)21-31(32)43-28-13-18-44(41,19-14-28)37-23-36/h2-4,6-12,17,20-21,28,35,38H,5,13-16,18-19,22H2,1H3/b30-12-,35-17?. The van der Waals surface area contributed by atoms with E-state index in [-0.39, 0.29) is 12.0 Å². The Bertz CT molecular complexity index is 1750. The summed E-state index contributed by atoms with van der Waals surface area (Å²) in [4.78, 5) is 16.1. The highest BCUT2D eigenvalue weighted by Gasteiger charge is 2.55. The Hall–Kier alpha value is -4.62. The number of nitrogens with one attached hydrogen (secondary N) is 2. The van der Waals surface area contributed by atoms with Gasteiger partial charge in [0.15, 0.2) is 0 Å². The lowest BCUT2D eigenvalue weighted by Gasteiger charge is -2.37. The maximum Gasteiger partial charge on any atom is 0.238 e. The van der Waals surface area contributed by atoms with Gasteiger partial charge in [-0.1, -0.05) is 36.8 Å². The fourth-order valence-electron chi connectivity index (χ4n) is 6.36. The molecule has 2 fully saturated rings. The molecule has 0 bridgehead atoms. The number of hydrogen-bond acceptors (Lipinski definition) is 8. The van der Waals surface area contributed by atoms with Gasteiger partial charge in [-0.15, -0.1) is 4.36 Å². The summed E-state index contributed by atoms with van der Waals surface area (Å²) in [5, 5.41) is 20.3. The lowest BCUT2D eigenvalue weighted by molar-refractivity contribution is -0.126. The molecule has 2 aliphatic heterocycles. The van der Waals surface area contributed by atoms with Gasteiger partial charge in [0.1, 0.15) is 17.6 Å². The van der Waals surface area contributed by atoms with Gasteiger partial charge in [0, 0.05) is 34.7 Å². The first-order valence-corrected chi connectivity index (χ1v) is 16.7. The van der Waals surface area contributed by atoms with Crippen molar-refractivity contribution in [2.75, 3.05) is 28.8 Å². The number of hydrogen-bond donors (Lipinski definition) is 2. The predicted molar refractivity (Wildman–Crippen MR) is 173 cm³/mol. The Balaban J connectivity index is 1.44. The second-order valence-corrected chi connectivity index (χ2v) is 14.0. The van der Waals surface area contributed by atoms with Crippen molar-refractivity contribution in [1.29, 1.82) is 10.7 Å². The molecule has 9 nitrogen and oxygen atoms in total. The monoisotopic (exact) mass is 609 g/mol. The molecule has 44 heavy (non-hydrogen) atoms. The summed E-state index contributed by atoms with van der Waals surface area (Å²) < 4.78 is 28.7. The van der Waals surface area contributed by atoms with Crippen LogP contribution in [0.1, 0.15) is 48.8 Å². The van der Waals surface area contributed by atoms with E-state index >= 15 is 0 Å². The summed E-state index contributed by atoms with van der Waals surface area (Å²) in [5.74, 6) is 1.99. The van der Waals surface area contributed by atoms with E-state index in [1.807, 2.05) is 65.6 Å². The van der Waals surface area contributed by atoms with Crippen molar-refractivity contribution in [2.45, 2.75) is 50.2 Å². The van der Waals surface area contributed by atoms with Crippen LogP contribution < -0.4 is 19.7 Å². The van der Waals surface area contributed by atoms with Crippen molar-refractivity contribution in [3.8, 4) is 17.7 Å². The zero-order valence-corrected chi connectivity index (χ0v) is 25.4. The van der Waals surface area contributed by atoms with Gasteiger partial charge in [0.05, 0.1) is 34.5 Å². The van der Waals surface area contributed by atoms with Gasteiger partial charge < -0.3 is 25.1 Å². The summed E-state index contributed by atoms with van der Waals surface area (Å²) in [5.41, 5.74) is 4.48. The van der Waals surface area contributed by atoms with Crippen molar-refractivity contribution < 1.29 is 18.5 Å². The molecular formula is C34H35N5O4S. The summed E-state index contributed by atoms with van der Waals surface area (Å²) in [7, 11) is -0.927. The molecule has 3 aliphatic rings. The molecule has 1 amide bonds. The Labute approximate surface area is 258 Å². The van der Waals surface area contributed by atoms with Crippen molar-refractivity contribution in [3.63, 3.8) is 0 Å². The summed E-state index contributed by atoms with van der Waals surface area (Å²) in [6.45, 7) is 0.387. The third-order valence-electron chi connectivity index (χ3n) is 8.85. The molecule has 1 saturated carbocycles. The van der Waals surface area contributed by atoms with Crippen LogP contribution in [0, 0.1) is 16.9 Å². The van der Waals surface area contributed by atoms with E-state index in [9.17, 15) is 9.00 Å². The third kappa shape index (κ3) is 5.55. The fourth-order valence-corrected chi connectivity index (χ4v) is 8.16. The number of carbonyl (C=O) groups excluding carboxylic acids is 1. The molecule has 1 spiro atoms. The lowest BCUT2D eigenvalue weighted by atomic mass is 9.65. The van der Waals surface area contributed by atoms with E-state index in [0.717, 1.165) is 53.1 Å². The number of anilines is 2. The smallest absolute Gasteiger partial charge is 0.238 e. The highest BCUT2D eigenvalue weighted by molar-refractivity contribution is 7.93. The van der Waals surface area contributed by atoms with Crippen LogP contribution in [0.5, 0.6) is 11.5 Å². The lowest BCUT2D eigenvalue weighted by Crippen LogP contribution is -2.44. The third-order valence-corrected chi connectivity index (χ3v) is 11.0. The normalized spacial score (nSPS) is 22.0. The summed E-state index contributed by atoms with van der Waals surface area (Å²) >= 11 is 0. The quantitative estimate of drug-likeness (QED) is 0.218. The minimum atomic E-state index is -2.55. The first-order chi connectivity index (χ1) is 21.4. The minimum absolute atomic E-state index is 0.0738. The molecule has 10 heteroatoms. The van der Waals surface area contributed by atoms with Crippen molar-refractivity contribution in [2.24, 2.45) is 4.36 Å². The molecular weight excluding hydrogens is 574 g/mol. The first kappa shape index (κ1) is 29.5. The van der Waals surface area contributed by atoms with E-state index in [1.165, 1.54) is 6.21 Å². The molecule has 0 radical (unpaired) electrons. The highest BCUT2D eigenvalue weighted by atomic mass is 32.2. The molecule has 226 valence electrons. The number of rotatable bonds is 9. The average Bonchev–Trinajstić information content (AvgIpc) is 3.27. The molecule has 0 aromatic heterocycles. The second kappa shape index (κ2) is 12.2. The molecule has 1 aliphatic carbocycles. The first-order valence-electron chi connectivity index (χ1n) is 14.8. The molecule has 0 atom stereocenters. The number of nitrogens with zero attached hydrogens (tertiary/aromatic N) is 3. The van der Waals surface area contributed by atoms with Crippen molar-refractivity contribution >= 4 is 38.9 Å². The molecule has 0 unspecified atom stereocenters. The number of fused-ring (bicyclic) bond motifs is 2. The Morgan fingerprint density at radius 2 is 1.89 bits per heavy atom. The molecule has 3 aromatic carbocycles. The zero-order valence-electron chi connectivity index (χ0n) is 24.6. The van der Waals surface area contributed by atoms with Crippen molar-refractivity contribution in [3.05, 3.63) is 89.5 Å². The van der Waals surface area contributed by atoms with E-state index in [4.69, 9.17) is 20.1 Å². The molecule has 3 aromatic rings. The Kier molecular flexibility index (Phi) is 8.15. The van der Waals surface area contributed by atoms with Gasteiger partial charge >= 0.3 is 0 Å². The minimum Gasteiger partial charge on any atom is -0.497 e.